The van der Waals surface area contributed by atoms with Crippen LogP contribution in [0.2, 0.25) is 0 Å². The number of amides is 1. The number of carboxylic acid groups (broad SMARTS) is 1. The number of rotatable bonds is 4. The van der Waals surface area contributed by atoms with Crippen LogP contribution in [0.15, 0.2) is 6.07 Å². The zero-order valence-corrected chi connectivity index (χ0v) is 11.3. The summed E-state index contributed by atoms with van der Waals surface area (Å²) >= 11 is 1.42. The molecular weight excluding hydrogens is 238 g/mol. The number of hydrogen-bond donors (Lipinski definition) is 2. The number of hydrogen-bond acceptors (Lipinski definition) is 3. The number of nitrogens with one attached hydrogen (secondary N) is 1. The van der Waals surface area contributed by atoms with E-state index >= 15 is 0 Å². The summed E-state index contributed by atoms with van der Waals surface area (Å²) in [5, 5.41) is 11.6. The van der Waals surface area contributed by atoms with E-state index in [0.717, 1.165) is 10.4 Å². The van der Waals surface area contributed by atoms with Crippen LogP contribution < -0.4 is 5.32 Å². The first-order chi connectivity index (χ1) is 7.74. The maximum absolute atomic E-state index is 11.8. The van der Waals surface area contributed by atoms with Crippen LogP contribution in [0.5, 0.6) is 0 Å². The van der Waals surface area contributed by atoms with E-state index in [2.05, 4.69) is 5.32 Å². The fraction of sp³-hybridized carbons (Fsp3) is 0.500. The highest BCUT2D eigenvalue weighted by Crippen LogP contribution is 2.21. The minimum atomic E-state index is -0.947. The molecule has 1 aromatic rings. The second-order valence-corrected chi connectivity index (χ2v) is 5.98. The molecule has 0 aliphatic carbocycles. The lowest BCUT2D eigenvalue weighted by molar-refractivity contribution is -0.146. The van der Waals surface area contributed by atoms with Gasteiger partial charge in [0, 0.05) is 11.4 Å². The van der Waals surface area contributed by atoms with Crippen LogP contribution in [0.4, 0.5) is 0 Å². The standard InChI is InChI=1S/C12H17NO3S/c1-7-5-9(17-8(7)2)10(14)13-6-12(3,4)11(15)16/h5H,6H2,1-4H3,(H,13,14)(H,15,16). The van der Waals surface area contributed by atoms with E-state index in [4.69, 9.17) is 5.11 Å². The van der Waals surface area contributed by atoms with E-state index in [1.807, 2.05) is 19.9 Å². The number of carbonyl (C=O) groups is 2. The average molecular weight is 255 g/mol. The molecule has 1 amide bonds. The summed E-state index contributed by atoms with van der Waals surface area (Å²) in [5.74, 6) is -1.13. The van der Waals surface area contributed by atoms with Gasteiger partial charge in [-0.25, -0.2) is 0 Å². The molecule has 0 aliphatic rings. The first kappa shape index (κ1) is 13.7. The van der Waals surface area contributed by atoms with E-state index < -0.39 is 11.4 Å². The summed E-state index contributed by atoms with van der Waals surface area (Å²) in [4.78, 5) is 24.4. The number of thiophene rings is 1. The van der Waals surface area contributed by atoms with E-state index in [1.54, 1.807) is 13.8 Å². The molecule has 0 aliphatic heterocycles. The van der Waals surface area contributed by atoms with Gasteiger partial charge in [0.05, 0.1) is 10.3 Å². The van der Waals surface area contributed by atoms with E-state index in [-0.39, 0.29) is 12.5 Å². The summed E-state index contributed by atoms with van der Waals surface area (Å²) in [5.41, 5.74) is 0.134. The molecule has 5 heteroatoms. The maximum atomic E-state index is 11.8. The minimum absolute atomic E-state index is 0.122. The Hall–Kier alpha value is -1.36. The Morgan fingerprint density at radius 1 is 1.41 bits per heavy atom. The summed E-state index contributed by atoms with van der Waals surface area (Å²) in [7, 11) is 0. The molecule has 0 aromatic carbocycles. The molecule has 4 nitrogen and oxygen atoms in total. The van der Waals surface area contributed by atoms with Crippen molar-refractivity contribution in [3.05, 3.63) is 21.4 Å². The van der Waals surface area contributed by atoms with Gasteiger partial charge >= 0.3 is 5.97 Å². The monoisotopic (exact) mass is 255 g/mol. The molecular formula is C12H17NO3S. The lowest BCUT2D eigenvalue weighted by Gasteiger charge is -2.19. The number of aryl methyl sites for hydroxylation is 2. The molecule has 0 radical (unpaired) electrons. The van der Waals surface area contributed by atoms with Crippen LogP contribution in [-0.4, -0.2) is 23.5 Å². The molecule has 0 saturated heterocycles. The van der Waals surface area contributed by atoms with Gasteiger partial charge in [0.15, 0.2) is 0 Å². The van der Waals surface area contributed by atoms with Gasteiger partial charge in [-0.15, -0.1) is 11.3 Å². The molecule has 0 fully saturated rings. The van der Waals surface area contributed by atoms with Crippen molar-refractivity contribution in [1.82, 2.24) is 5.32 Å². The average Bonchev–Trinajstić information content (AvgIpc) is 2.56. The van der Waals surface area contributed by atoms with Crippen molar-refractivity contribution in [2.75, 3.05) is 6.54 Å². The van der Waals surface area contributed by atoms with Gasteiger partial charge in [0.25, 0.3) is 5.91 Å². The Bertz CT molecular complexity index is 429. The molecule has 17 heavy (non-hydrogen) atoms. The van der Waals surface area contributed by atoms with Gasteiger partial charge in [-0.05, 0) is 39.3 Å². The molecule has 0 atom stereocenters. The van der Waals surface area contributed by atoms with Gasteiger partial charge in [0.1, 0.15) is 0 Å². The smallest absolute Gasteiger partial charge is 0.310 e. The fourth-order valence-corrected chi connectivity index (χ4v) is 2.10. The zero-order valence-electron chi connectivity index (χ0n) is 10.5. The van der Waals surface area contributed by atoms with Crippen molar-refractivity contribution in [1.29, 1.82) is 0 Å². The van der Waals surface area contributed by atoms with Gasteiger partial charge < -0.3 is 10.4 Å². The molecule has 0 spiro atoms. The molecule has 1 rings (SSSR count). The Balaban J connectivity index is 2.65. The molecule has 0 bridgehead atoms. The van der Waals surface area contributed by atoms with Crippen LogP contribution >= 0.6 is 11.3 Å². The maximum Gasteiger partial charge on any atom is 0.310 e. The SMILES string of the molecule is Cc1cc(C(=O)NCC(C)(C)C(=O)O)sc1C. The predicted octanol–water partition coefficient (Wildman–Crippen LogP) is 2.21. The van der Waals surface area contributed by atoms with Crippen LogP contribution in [0.25, 0.3) is 0 Å². The predicted molar refractivity (Wildman–Crippen MR) is 67.5 cm³/mol. The second-order valence-electron chi connectivity index (χ2n) is 4.72. The molecule has 1 aromatic heterocycles. The quantitative estimate of drug-likeness (QED) is 0.866. The summed E-state index contributed by atoms with van der Waals surface area (Å²) < 4.78 is 0. The topological polar surface area (TPSA) is 66.4 Å². The number of carbonyl (C=O) groups excluding carboxylic acids is 1. The van der Waals surface area contributed by atoms with Gasteiger partial charge in [-0.1, -0.05) is 0 Å². The Kier molecular flexibility index (Phi) is 3.93. The summed E-state index contributed by atoms with van der Waals surface area (Å²) in [6.07, 6.45) is 0. The van der Waals surface area contributed by atoms with E-state index in [0.29, 0.717) is 4.88 Å². The van der Waals surface area contributed by atoms with Crippen molar-refractivity contribution in [3.63, 3.8) is 0 Å². The van der Waals surface area contributed by atoms with E-state index in [9.17, 15) is 9.59 Å². The highest BCUT2D eigenvalue weighted by molar-refractivity contribution is 7.14. The van der Waals surface area contributed by atoms with Crippen molar-refractivity contribution in [3.8, 4) is 0 Å². The van der Waals surface area contributed by atoms with Crippen molar-refractivity contribution in [2.45, 2.75) is 27.7 Å². The first-order valence-electron chi connectivity index (χ1n) is 5.32. The number of aliphatic carboxylic acids is 1. The highest BCUT2D eigenvalue weighted by atomic mass is 32.1. The van der Waals surface area contributed by atoms with Crippen LogP contribution in [-0.2, 0) is 4.79 Å². The Labute approximate surface area is 105 Å². The number of carboxylic acids is 1. The highest BCUT2D eigenvalue weighted by Gasteiger charge is 2.27. The normalized spacial score (nSPS) is 11.3. The lowest BCUT2D eigenvalue weighted by Crippen LogP contribution is -2.38. The van der Waals surface area contributed by atoms with Crippen molar-refractivity contribution < 1.29 is 14.7 Å². The molecule has 2 N–H and O–H groups in total. The summed E-state index contributed by atoms with van der Waals surface area (Å²) in [6.45, 7) is 7.19. The van der Waals surface area contributed by atoms with Gasteiger partial charge in [0.2, 0.25) is 0 Å². The van der Waals surface area contributed by atoms with Gasteiger partial charge in [-0.3, -0.25) is 9.59 Å². The van der Waals surface area contributed by atoms with Gasteiger partial charge in [-0.2, -0.15) is 0 Å². The second kappa shape index (κ2) is 4.87. The van der Waals surface area contributed by atoms with Crippen molar-refractivity contribution in [2.24, 2.45) is 5.41 Å². The van der Waals surface area contributed by atoms with Crippen LogP contribution in [0, 0.1) is 19.3 Å². The third-order valence-corrected chi connectivity index (χ3v) is 3.81. The Morgan fingerprint density at radius 2 is 2.00 bits per heavy atom. The molecule has 0 saturated carbocycles. The van der Waals surface area contributed by atoms with E-state index in [1.165, 1.54) is 11.3 Å². The third kappa shape index (κ3) is 3.30. The Morgan fingerprint density at radius 3 is 2.41 bits per heavy atom. The fourth-order valence-electron chi connectivity index (χ4n) is 1.15. The molecule has 0 unspecified atom stereocenters. The van der Waals surface area contributed by atoms with Crippen LogP contribution in [0.3, 0.4) is 0 Å². The third-order valence-electron chi connectivity index (χ3n) is 2.66. The van der Waals surface area contributed by atoms with Crippen molar-refractivity contribution >= 4 is 23.2 Å². The molecule has 94 valence electrons. The molecule has 1 heterocycles. The zero-order chi connectivity index (χ0) is 13.2. The first-order valence-corrected chi connectivity index (χ1v) is 6.14. The largest absolute Gasteiger partial charge is 0.481 e. The summed E-state index contributed by atoms with van der Waals surface area (Å²) in [6, 6.07) is 1.82. The van der Waals surface area contributed by atoms with Crippen LogP contribution in [0.1, 0.15) is 34.0 Å². The lowest BCUT2D eigenvalue weighted by atomic mass is 9.94. The minimum Gasteiger partial charge on any atom is -0.481 e.